The molecule has 6 unspecified atom stereocenters. The summed E-state index contributed by atoms with van der Waals surface area (Å²) in [4.78, 5) is 46.0. The van der Waals surface area contributed by atoms with E-state index < -0.39 is 0 Å². The van der Waals surface area contributed by atoms with Gasteiger partial charge in [0.25, 0.3) is 0 Å². The second kappa shape index (κ2) is 20.8. The van der Waals surface area contributed by atoms with Gasteiger partial charge in [-0.05, 0) is 97.2 Å². The smallest absolute Gasteiger partial charge is 0.414 e. The lowest BCUT2D eigenvalue weighted by Crippen LogP contribution is -2.53. The Kier molecular flexibility index (Phi) is 13.8. The molecule has 6 aliphatic rings. The Hall–Kier alpha value is -6.17. The van der Waals surface area contributed by atoms with Crippen molar-refractivity contribution in [3.05, 3.63) is 167 Å². The van der Waals surface area contributed by atoms with Crippen molar-refractivity contribution in [2.75, 3.05) is 23.0 Å². The third-order valence-electron chi connectivity index (χ3n) is 14.4. The Bertz CT molecular complexity index is 2450. The van der Waals surface area contributed by atoms with Crippen LogP contribution in [0.2, 0.25) is 0 Å². The molecule has 4 fully saturated rings. The summed E-state index contributed by atoms with van der Waals surface area (Å²) in [7, 11) is 0. The van der Waals surface area contributed by atoms with Crippen LogP contribution in [0.4, 0.5) is 25.8 Å². The molecule has 348 valence electrons. The predicted octanol–water partition coefficient (Wildman–Crippen LogP) is 11.7. The van der Waals surface area contributed by atoms with Gasteiger partial charge >= 0.3 is 18.3 Å². The first-order valence-corrected chi connectivity index (χ1v) is 24.5. The van der Waals surface area contributed by atoms with Crippen LogP contribution in [-0.4, -0.2) is 60.6 Å². The van der Waals surface area contributed by atoms with E-state index in [0.717, 1.165) is 72.2 Å². The number of rotatable bonds is 13. The van der Waals surface area contributed by atoms with Gasteiger partial charge in [-0.15, -0.1) is 0 Å². The maximum absolute atomic E-state index is 13.6. The molecule has 11 heteroatoms. The van der Waals surface area contributed by atoms with Crippen LogP contribution in [0.3, 0.4) is 0 Å². The lowest BCUT2D eigenvalue weighted by atomic mass is 9.82. The monoisotopic (exact) mass is 902 g/mol. The predicted molar refractivity (Wildman–Crippen MR) is 257 cm³/mol. The number of hydrogen-bond donors (Lipinski definition) is 1. The topological polar surface area (TPSA) is 110 Å². The minimum atomic E-state index is -0.331. The molecule has 11 rings (SSSR count). The van der Waals surface area contributed by atoms with Crippen LogP contribution in [0.5, 0.6) is 0 Å². The average Bonchev–Trinajstić information content (AvgIpc) is 4.29. The molecule has 2 heterocycles. The van der Waals surface area contributed by atoms with E-state index in [1.54, 1.807) is 0 Å². The first kappa shape index (κ1) is 44.7. The summed E-state index contributed by atoms with van der Waals surface area (Å²) in [5, 5.41) is 3.86. The molecule has 67 heavy (non-hydrogen) atoms. The van der Waals surface area contributed by atoms with Gasteiger partial charge in [0.1, 0.15) is 19.8 Å². The zero-order valence-corrected chi connectivity index (χ0v) is 38.2. The fourth-order valence-electron chi connectivity index (χ4n) is 11.1. The van der Waals surface area contributed by atoms with E-state index in [9.17, 15) is 14.4 Å². The molecule has 5 aromatic carbocycles. The number of fused-ring (bicyclic) bond motifs is 4. The zero-order valence-electron chi connectivity index (χ0n) is 38.2. The summed E-state index contributed by atoms with van der Waals surface area (Å²) < 4.78 is 23.1. The van der Waals surface area contributed by atoms with Crippen molar-refractivity contribution >= 4 is 29.7 Å². The zero-order chi connectivity index (χ0) is 45.5. The molecule has 5 aromatic rings. The first-order chi connectivity index (χ1) is 33.0. The summed E-state index contributed by atoms with van der Waals surface area (Å²) in [6.07, 6.45) is 9.90. The minimum absolute atomic E-state index is 0.0218. The van der Waals surface area contributed by atoms with Gasteiger partial charge in [0.05, 0.1) is 30.6 Å². The maximum atomic E-state index is 13.6. The van der Waals surface area contributed by atoms with Crippen LogP contribution in [0.15, 0.2) is 140 Å². The fourth-order valence-corrected chi connectivity index (χ4v) is 11.1. The molecule has 0 bridgehead atoms. The molecule has 0 saturated heterocycles. The summed E-state index contributed by atoms with van der Waals surface area (Å²) in [5.41, 5.74) is 7.17. The Morgan fingerprint density at radius 1 is 0.507 bits per heavy atom. The van der Waals surface area contributed by atoms with Gasteiger partial charge in [-0.3, -0.25) is 14.7 Å². The first-order valence-electron chi connectivity index (χ1n) is 24.5. The van der Waals surface area contributed by atoms with E-state index >= 15 is 0 Å². The highest BCUT2D eigenvalue weighted by Gasteiger charge is 2.52. The molecule has 0 spiro atoms. The summed E-state index contributed by atoms with van der Waals surface area (Å²) in [5.74, 6) is 0.603. The van der Waals surface area contributed by atoms with Gasteiger partial charge in [-0.25, -0.2) is 14.4 Å². The average molecular weight is 903 g/mol. The SMILES string of the molecule is O=C(OCc1ccccc1)N1c2ccccc2C(N(C(=O)OCCOCc2ccccc2)C2CC2)C2CCCC21.O=C(OCc1ccccc1)N1c2ccccc2C(NC2CC2)C2CCCC21. The van der Waals surface area contributed by atoms with E-state index in [4.69, 9.17) is 18.9 Å². The highest BCUT2D eigenvalue weighted by atomic mass is 16.6. The molecule has 2 aliphatic heterocycles. The second-order valence-corrected chi connectivity index (χ2v) is 18.9. The molecular formula is C56H62N4O7. The summed E-state index contributed by atoms with van der Waals surface area (Å²) in [6, 6.07) is 47.2. The largest absolute Gasteiger partial charge is 0.447 e. The molecule has 4 aliphatic carbocycles. The Labute approximate surface area is 394 Å². The number of nitrogens with zero attached hydrogens (tertiary/aromatic N) is 3. The van der Waals surface area contributed by atoms with Gasteiger partial charge in [-0.2, -0.15) is 0 Å². The number of anilines is 2. The number of carbonyl (C=O) groups is 3. The molecule has 0 radical (unpaired) electrons. The van der Waals surface area contributed by atoms with Gasteiger partial charge in [0, 0.05) is 36.1 Å². The van der Waals surface area contributed by atoms with Crippen molar-refractivity contribution < 1.29 is 33.3 Å². The van der Waals surface area contributed by atoms with Crippen LogP contribution < -0.4 is 15.1 Å². The van der Waals surface area contributed by atoms with E-state index in [1.165, 1.54) is 31.2 Å². The van der Waals surface area contributed by atoms with Crippen LogP contribution in [0.1, 0.15) is 104 Å². The van der Waals surface area contributed by atoms with E-state index in [0.29, 0.717) is 37.8 Å². The third-order valence-corrected chi connectivity index (χ3v) is 14.4. The molecule has 1 N–H and O–H groups in total. The van der Waals surface area contributed by atoms with E-state index in [-0.39, 0.29) is 61.6 Å². The number of ether oxygens (including phenoxy) is 4. The highest BCUT2D eigenvalue weighted by molar-refractivity contribution is 5.91. The second-order valence-electron chi connectivity index (χ2n) is 18.9. The normalized spacial score (nSPS) is 23.3. The van der Waals surface area contributed by atoms with E-state index in [2.05, 4.69) is 29.6 Å². The number of benzene rings is 5. The van der Waals surface area contributed by atoms with Gasteiger partial charge in [0.15, 0.2) is 0 Å². The maximum Gasteiger partial charge on any atom is 0.414 e. The molecule has 0 aromatic heterocycles. The number of amides is 3. The quantitative estimate of drug-likeness (QED) is 0.0919. The van der Waals surface area contributed by atoms with Crippen LogP contribution in [-0.2, 0) is 38.8 Å². The Morgan fingerprint density at radius 3 is 1.57 bits per heavy atom. The molecular weight excluding hydrogens is 841 g/mol. The van der Waals surface area contributed by atoms with Gasteiger partial charge in [0.2, 0.25) is 0 Å². The number of nitrogens with one attached hydrogen (secondary N) is 1. The van der Waals surface area contributed by atoms with Crippen molar-refractivity contribution in [2.45, 2.75) is 120 Å². The van der Waals surface area contributed by atoms with Crippen molar-refractivity contribution in [1.29, 1.82) is 0 Å². The molecule has 6 atom stereocenters. The van der Waals surface area contributed by atoms with Crippen LogP contribution in [0, 0.1) is 11.8 Å². The molecule has 4 saturated carbocycles. The number of hydrogen-bond acceptors (Lipinski definition) is 8. The fraction of sp³-hybridized carbons (Fsp3) is 0.411. The van der Waals surface area contributed by atoms with Crippen LogP contribution >= 0.6 is 0 Å². The van der Waals surface area contributed by atoms with Gasteiger partial charge in [-0.1, -0.05) is 140 Å². The van der Waals surface area contributed by atoms with Crippen LogP contribution in [0.25, 0.3) is 0 Å². The third kappa shape index (κ3) is 10.2. The lowest BCUT2D eigenvalue weighted by molar-refractivity contribution is 0.0313. The van der Waals surface area contributed by atoms with Gasteiger partial charge < -0.3 is 24.3 Å². The lowest BCUT2D eigenvalue weighted by Gasteiger charge is -2.46. The Balaban J connectivity index is 0.000000169. The molecule has 3 amide bonds. The standard InChI is InChI=1S/C33H36N2O5.C23H26N2O2/c36-32(39-21-20-38-22-24-10-3-1-4-11-24)34(26-18-19-26)31-27-14-7-8-16-29(27)35(30-17-9-15-28(30)31)33(37)40-23-25-12-5-2-6-13-25;26-23(27-15-16-7-2-1-3-8-16)25-20-11-5-4-9-18(20)22(24-17-13-14-17)19-10-6-12-21(19)25/h1-8,10-14,16,26,28,30-31H,9,15,17-23H2;1-5,7-9,11,17,19,21-22,24H,6,10,12-15H2. The summed E-state index contributed by atoms with van der Waals surface area (Å²) in [6.45, 7) is 1.58. The van der Waals surface area contributed by atoms with Crippen molar-refractivity contribution in [2.24, 2.45) is 11.8 Å². The highest BCUT2D eigenvalue weighted by Crippen LogP contribution is 2.53. The molecule has 11 nitrogen and oxygen atoms in total. The van der Waals surface area contributed by atoms with E-state index in [1.807, 2.05) is 130 Å². The number of carbonyl (C=O) groups excluding carboxylic acids is 3. The van der Waals surface area contributed by atoms with Crippen molar-refractivity contribution in [3.8, 4) is 0 Å². The number of para-hydroxylation sites is 2. The Morgan fingerprint density at radius 2 is 1.00 bits per heavy atom. The van der Waals surface area contributed by atoms with Crippen molar-refractivity contribution in [3.63, 3.8) is 0 Å². The summed E-state index contributed by atoms with van der Waals surface area (Å²) >= 11 is 0. The van der Waals surface area contributed by atoms with Crippen molar-refractivity contribution in [1.82, 2.24) is 10.2 Å². The minimum Gasteiger partial charge on any atom is -0.447 e.